The Morgan fingerprint density at radius 1 is 1.03 bits per heavy atom. The number of benzene rings is 2. The summed E-state index contributed by atoms with van der Waals surface area (Å²) in [6.45, 7) is 4.72. The van der Waals surface area contributed by atoms with E-state index in [1.807, 2.05) is 0 Å². The zero-order chi connectivity index (χ0) is 27.1. The molecule has 2 rings (SSSR count). The quantitative estimate of drug-likeness (QED) is 0.140. The van der Waals surface area contributed by atoms with Crippen LogP contribution >= 0.6 is 0 Å². The molecule has 0 unspecified atom stereocenters. The van der Waals surface area contributed by atoms with Crippen LogP contribution in [0.2, 0.25) is 0 Å². The highest BCUT2D eigenvalue weighted by atomic mass is 32.2. The number of carbonyl (C=O) groups excluding carboxylic acids is 1. The van der Waals surface area contributed by atoms with Gasteiger partial charge in [0.15, 0.2) is 11.3 Å². The van der Waals surface area contributed by atoms with E-state index in [1.54, 1.807) is 26.0 Å². The van der Waals surface area contributed by atoms with Crippen molar-refractivity contribution in [2.45, 2.75) is 69.6 Å². The Bertz CT molecular complexity index is 979. The summed E-state index contributed by atoms with van der Waals surface area (Å²) in [5.74, 6) is -0.724. The SMILES string of the molecule is CC[C@H](C)[S@+]([O-])N[C@@](CC(=O)c1ccc(C)cc1)(c1ccc(OCCCC(F)(F)F)cc1)C(F)(F)F. The topological polar surface area (TPSA) is 61.4 Å². The third kappa shape index (κ3) is 8.14. The molecule has 0 saturated carbocycles. The van der Waals surface area contributed by atoms with Gasteiger partial charge in [0.2, 0.25) is 0 Å². The lowest BCUT2D eigenvalue weighted by Gasteiger charge is -2.37. The normalized spacial score (nSPS) is 15.7. The highest BCUT2D eigenvalue weighted by molar-refractivity contribution is 7.90. The van der Waals surface area contributed by atoms with E-state index in [-0.39, 0.29) is 29.9 Å². The molecule has 0 aliphatic carbocycles. The maximum absolute atomic E-state index is 14.7. The Labute approximate surface area is 209 Å². The Morgan fingerprint density at radius 2 is 1.61 bits per heavy atom. The average molecular weight is 538 g/mol. The fourth-order valence-corrected chi connectivity index (χ4v) is 4.48. The molecule has 0 amide bonds. The van der Waals surface area contributed by atoms with Crippen LogP contribution in [0.1, 0.15) is 61.0 Å². The summed E-state index contributed by atoms with van der Waals surface area (Å²) < 4.78 is 101. The van der Waals surface area contributed by atoms with Gasteiger partial charge in [-0.25, -0.2) is 0 Å². The standard InChI is InChI=1S/C25H29F6NO3S/c1-4-18(3)36(34)32-23(25(29,30)31,16-22(33)19-8-6-17(2)7-9-19)20-10-12-21(13-11-20)35-15-5-14-24(26,27)28/h6-13,18,32H,4-5,14-16H2,1-3H3/t18-,23-,36-/m0/s1. The number of alkyl halides is 6. The minimum Gasteiger partial charge on any atom is -0.598 e. The van der Waals surface area contributed by atoms with Gasteiger partial charge in [0.25, 0.3) is 0 Å². The van der Waals surface area contributed by atoms with E-state index in [1.165, 1.54) is 31.2 Å². The van der Waals surface area contributed by atoms with Gasteiger partial charge in [-0.15, -0.1) is 4.72 Å². The third-order valence-corrected chi connectivity index (χ3v) is 7.33. The summed E-state index contributed by atoms with van der Waals surface area (Å²) in [6, 6.07) is 10.6. The summed E-state index contributed by atoms with van der Waals surface area (Å²) >= 11 is -2.14. The van der Waals surface area contributed by atoms with Gasteiger partial charge in [0, 0.05) is 29.8 Å². The van der Waals surface area contributed by atoms with Crippen LogP contribution in [0.3, 0.4) is 0 Å². The summed E-state index contributed by atoms with van der Waals surface area (Å²) in [5.41, 5.74) is -2.43. The van der Waals surface area contributed by atoms with Crippen molar-refractivity contribution in [2.75, 3.05) is 6.61 Å². The molecule has 4 nitrogen and oxygen atoms in total. The molecule has 0 radical (unpaired) electrons. The maximum atomic E-state index is 14.7. The first-order valence-electron chi connectivity index (χ1n) is 11.3. The Kier molecular flexibility index (Phi) is 10.3. The highest BCUT2D eigenvalue weighted by Crippen LogP contribution is 2.44. The van der Waals surface area contributed by atoms with Crippen LogP contribution < -0.4 is 9.46 Å². The fraction of sp³-hybridized carbons (Fsp3) is 0.480. The van der Waals surface area contributed by atoms with E-state index in [0.29, 0.717) is 6.42 Å². The van der Waals surface area contributed by atoms with Gasteiger partial charge < -0.3 is 9.29 Å². The van der Waals surface area contributed by atoms with Gasteiger partial charge >= 0.3 is 12.4 Å². The highest BCUT2D eigenvalue weighted by Gasteiger charge is 2.60. The lowest BCUT2D eigenvalue weighted by Crippen LogP contribution is -2.58. The molecule has 11 heteroatoms. The Hall–Kier alpha value is -2.24. The van der Waals surface area contributed by atoms with E-state index in [0.717, 1.165) is 17.7 Å². The van der Waals surface area contributed by atoms with Crippen LogP contribution in [0, 0.1) is 6.92 Å². The minimum atomic E-state index is -5.02. The molecule has 0 heterocycles. The number of carbonyl (C=O) groups is 1. The molecule has 1 N–H and O–H groups in total. The number of nitrogens with one attached hydrogen (secondary N) is 1. The molecule has 0 aliphatic heterocycles. The molecule has 36 heavy (non-hydrogen) atoms. The first-order valence-corrected chi connectivity index (χ1v) is 12.5. The van der Waals surface area contributed by atoms with Crippen molar-refractivity contribution in [1.82, 2.24) is 4.72 Å². The van der Waals surface area contributed by atoms with Crippen LogP contribution in [0.4, 0.5) is 26.3 Å². The van der Waals surface area contributed by atoms with E-state index in [4.69, 9.17) is 4.74 Å². The summed E-state index contributed by atoms with van der Waals surface area (Å²) in [6.07, 6.45) is -11.4. The second-order valence-corrected chi connectivity index (χ2v) is 10.2. The average Bonchev–Trinajstić information content (AvgIpc) is 2.80. The molecule has 0 saturated heterocycles. The molecule has 0 aliphatic rings. The summed E-state index contributed by atoms with van der Waals surface area (Å²) in [5, 5.41) is -0.627. The molecular formula is C25H29F6NO3S. The zero-order valence-corrected chi connectivity index (χ0v) is 20.9. The van der Waals surface area contributed by atoms with Gasteiger partial charge in [-0.2, -0.15) is 26.3 Å². The zero-order valence-electron chi connectivity index (χ0n) is 20.1. The number of ether oxygens (including phenoxy) is 1. The molecule has 2 aromatic carbocycles. The van der Waals surface area contributed by atoms with Crippen molar-refractivity contribution in [3.63, 3.8) is 0 Å². The molecule has 0 spiro atoms. The number of rotatable bonds is 12. The van der Waals surface area contributed by atoms with Crippen LogP contribution in [0.15, 0.2) is 48.5 Å². The molecule has 0 fully saturated rings. The fourth-order valence-electron chi connectivity index (χ4n) is 3.32. The predicted molar refractivity (Wildman–Crippen MR) is 126 cm³/mol. The van der Waals surface area contributed by atoms with Crippen molar-refractivity contribution < 1.29 is 40.4 Å². The minimum absolute atomic E-state index is 0.0740. The molecule has 2 aromatic rings. The molecule has 3 atom stereocenters. The number of ketones is 1. The van der Waals surface area contributed by atoms with E-state index in [9.17, 15) is 35.7 Å². The molecule has 0 bridgehead atoms. The van der Waals surface area contributed by atoms with Gasteiger partial charge in [0.1, 0.15) is 11.0 Å². The number of halogens is 6. The molecular weight excluding hydrogens is 508 g/mol. The second kappa shape index (κ2) is 12.3. The van der Waals surface area contributed by atoms with Gasteiger partial charge in [-0.05, 0) is 44.4 Å². The number of aryl methyl sites for hydroxylation is 1. The molecule has 200 valence electrons. The van der Waals surface area contributed by atoms with Crippen molar-refractivity contribution in [1.29, 1.82) is 0 Å². The van der Waals surface area contributed by atoms with Crippen LogP contribution in [-0.2, 0) is 16.9 Å². The summed E-state index contributed by atoms with van der Waals surface area (Å²) in [7, 11) is 0. The number of Topliss-reactive ketones (excluding diaryl/α,β-unsaturated/α-hetero) is 1. The number of hydrogen-bond donors (Lipinski definition) is 1. The van der Waals surface area contributed by atoms with Crippen molar-refractivity contribution in [3.05, 3.63) is 65.2 Å². The lowest BCUT2D eigenvalue weighted by molar-refractivity contribution is -0.194. The predicted octanol–water partition coefficient (Wildman–Crippen LogP) is 6.80. The van der Waals surface area contributed by atoms with Gasteiger partial charge in [-0.1, -0.05) is 48.9 Å². The smallest absolute Gasteiger partial charge is 0.415 e. The lowest BCUT2D eigenvalue weighted by atomic mass is 9.83. The Morgan fingerprint density at radius 3 is 2.11 bits per heavy atom. The largest absolute Gasteiger partial charge is 0.598 e. The van der Waals surface area contributed by atoms with Crippen LogP contribution in [-0.4, -0.2) is 34.5 Å². The van der Waals surface area contributed by atoms with E-state index >= 15 is 0 Å². The third-order valence-electron chi connectivity index (χ3n) is 5.72. The monoisotopic (exact) mass is 537 g/mol. The maximum Gasteiger partial charge on any atom is 0.415 e. The first-order chi connectivity index (χ1) is 16.7. The van der Waals surface area contributed by atoms with Crippen LogP contribution in [0.5, 0.6) is 5.75 Å². The van der Waals surface area contributed by atoms with Crippen molar-refractivity contribution in [2.24, 2.45) is 0 Å². The van der Waals surface area contributed by atoms with Gasteiger partial charge in [0.05, 0.1) is 6.61 Å². The van der Waals surface area contributed by atoms with E-state index < -0.39 is 53.1 Å². The van der Waals surface area contributed by atoms with Crippen molar-refractivity contribution in [3.8, 4) is 5.75 Å². The number of hydrogen-bond acceptors (Lipinski definition) is 4. The van der Waals surface area contributed by atoms with Gasteiger partial charge in [-0.3, -0.25) is 4.79 Å². The van der Waals surface area contributed by atoms with Crippen LogP contribution in [0.25, 0.3) is 0 Å². The Balaban J connectivity index is 2.40. The second-order valence-electron chi connectivity index (χ2n) is 8.58. The molecule has 0 aromatic heterocycles. The summed E-state index contributed by atoms with van der Waals surface area (Å²) in [4.78, 5) is 13.0. The van der Waals surface area contributed by atoms with E-state index in [2.05, 4.69) is 4.72 Å². The van der Waals surface area contributed by atoms with Crippen molar-refractivity contribution >= 4 is 17.1 Å². The first kappa shape index (κ1) is 30.0.